The molecular weight excluding hydrogens is 198 g/mol. The number of nitrogens with zero attached hydrogens (tertiary/aromatic N) is 2. The van der Waals surface area contributed by atoms with Crippen LogP contribution < -0.4 is 5.73 Å². The molecular formula is C9H11N3OS. The fourth-order valence-electron chi connectivity index (χ4n) is 1.20. The van der Waals surface area contributed by atoms with E-state index in [1.807, 2.05) is 5.38 Å². The minimum absolute atomic E-state index is 0.126. The van der Waals surface area contributed by atoms with E-state index < -0.39 is 0 Å². The fraction of sp³-hybridized carbons (Fsp3) is 0.333. The Labute approximate surface area is 85.8 Å². The van der Waals surface area contributed by atoms with Gasteiger partial charge in [-0.25, -0.2) is 9.97 Å². The molecule has 1 atom stereocenters. The summed E-state index contributed by atoms with van der Waals surface area (Å²) in [5.74, 6) is 0.648. The highest BCUT2D eigenvalue weighted by atomic mass is 32.1. The molecule has 0 aliphatic carbocycles. The van der Waals surface area contributed by atoms with Gasteiger partial charge in [-0.05, 0) is 0 Å². The summed E-state index contributed by atoms with van der Waals surface area (Å²) in [5.41, 5.74) is 6.73. The monoisotopic (exact) mass is 209 g/mol. The Balaban J connectivity index is 2.06. The zero-order valence-electron chi connectivity index (χ0n) is 7.80. The number of thiazole rings is 1. The molecule has 0 aliphatic rings. The molecule has 0 radical (unpaired) electrons. The average Bonchev–Trinajstić information content (AvgIpc) is 2.75. The lowest BCUT2D eigenvalue weighted by molar-refractivity contribution is 0.519. The SMILES string of the molecule is Cc1nc(C(N)Cc2nccs2)co1. The van der Waals surface area contributed by atoms with Crippen molar-refractivity contribution in [1.29, 1.82) is 0 Å². The second-order valence-electron chi connectivity index (χ2n) is 3.03. The van der Waals surface area contributed by atoms with Crippen molar-refractivity contribution in [3.63, 3.8) is 0 Å². The van der Waals surface area contributed by atoms with Gasteiger partial charge in [-0.1, -0.05) is 0 Å². The lowest BCUT2D eigenvalue weighted by Gasteiger charge is -2.04. The molecule has 0 aromatic carbocycles. The van der Waals surface area contributed by atoms with Gasteiger partial charge in [-0.3, -0.25) is 0 Å². The molecule has 2 aromatic heterocycles. The molecule has 0 bridgehead atoms. The maximum Gasteiger partial charge on any atom is 0.191 e. The molecule has 2 heterocycles. The number of hydrogen-bond donors (Lipinski definition) is 1. The van der Waals surface area contributed by atoms with Gasteiger partial charge in [0.1, 0.15) is 6.26 Å². The van der Waals surface area contributed by atoms with Crippen molar-refractivity contribution in [2.45, 2.75) is 19.4 Å². The van der Waals surface area contributed by atoms with E-state index in [1.165, 1.54) is 0 Å². The van der Waals surface area contributed by atoms with E-state index >= 15 is 0 Å². The summed E-state index contributed by atoms with van der Waals surface area (Å²) in [7, 11) is 0. The minimum Gasteiger partial charge on any atom is -0.449 e. The summed E-state index contributed by atoms with van der Waals surface area (Å²) in [6.45, 7) is 1.81. The molecule has 2 N–H and O–H groups in total. The largest absolute Gasteiger partial charge is 0.449 e. The zero-order chi connectivity index (χ0) is 9.97. The highest BCUT2D eigenvalue weighted by Gasteiger charge is 2.12. The van der Waals surface area contributed by atoms with Crippen molar-refractivity contribution in [1.82, 2.24) is 9.97 Å². The third kappa shape index (κ3) is 2.00. The maximum absolute atomic E-state index is 5.94. The highest BCUT2D eigenvalue weighted by molar-refractivity contribution is 7.09. The number of nitrogens with two attached hydrogens (primary N) is 1. The van der Waals surface area contributed by atoms with Crippen molar-refractivity contribution in [3.8, 4) is 0 Å². The number of aromatic nitrogens is 2. The summed E-state index contributed by atoms with van der Waals surface area (Å²) < 4.78 is 5.10. The summed E-state index contributed by atoms with van der Waals surface area (Å²) >= 11 is 1.60. The molecule has 2 rings (SSSR count). The Bertz CT molecular complexity index is 396. The van der Waals surface area contributed by atoms with E-state index in [1.54, 1.807) is 30.7 Å². The predicted octanol–water partition coefficient (Wildman–Crippen LogP) is 1.68. The van der Waals surface area contributed by atoms with Crippen molar-refractivity contribution in [2.24, 2.45) is 5.73 Å². The van der Waals surface area contributed by atoms with Gasteiger partial charge >= 0.3 is 0 Å². The zero-order valence-corrected chi connectivity index (χ0v) is 8.62. The molecule has 0 fully saturated rings. The highest BCUT2D eigenvalue weighted by Crippen LogP contribution is 2.16. The minimum atomic E-state index is -0.126. The van der Waals surface area contributed by atoms with Gasteiger partial charge in [-0.2, -0.15) is 0 Å². The Morgan fingerprint density at radius 2 is 2.50 bits per heavy atom. The number of aryl methyl sites for hydroxylation is 1. The Hall–Kier alpha value is -1.20. The van der Waals surface area contributed by atoms with Crippen molar-refractivity contribution in [2.75, 3.05) is 0 Å². The smallest absolute Gasteiger partial charge is 0.191 e. The summed E-state index contributed by atoms with van der Waals surface area (Å²) in [6.07, 6.45) is 4.10. The first-order valence-corrected chi connectivity index (χ1v) is 5.19. The van der Waals surface area contributed by atoms with Gasteiger partial charge < -0.3 is 10.2 Å². The third-order valence-corrected chi connectivity index (χ3v) is 2.70. The topological polar surface area (TPSA) is 64.9 Å². The lowest BCUT2D eigenvalue weighted by atomic mass is 10.2. The molecule has 4 nitrogen and oxygen atoms in total. The van der Waals surface area contributed by atoms with Crippen LogP contribution >= 0.6 is 11.3 Å². The first kappa shape index (κ1) is 9.36. The van der Waals surface area contributed by atoms with E-state index in [0.717, 1.165) is 10.7 Å². The van der Waals surface area contributed by atoms with Crippen LogP contribution in [0.5, 0.6) is 0 Å². The molecule has 0 saturated carbocycles. The van der Waals surface area contributed by atoms with Gasteiger partial charge in [0, 0.05) is 24.9 Å². The van der Waals surface area contributed by atoms with Crippen LogP contribution in [0.4, 0.5) is 0 Å². The van der Waals surface area contributed by atoms with Crippen LogP contribution in [0.15, 0.2) is 22.3 Å². The molecule has 0 aliphatic heterocycles. The van der Waals surface area contributed by atoms with Crippen LogP contribution in [-0.4, -0.2) is 9.97 Å². The van der Waals surface area contributed by atoms with Gasteiger partial charge in [0.05, 0.1) is 16.7 Å². The first-order valence-electron chi connectivity index (χ1n) is 4.31. The van der Waals surface area contributed by atoms with Crippen molar-refractivity contribution in [3.05, 3.63) is 34.4 Å². The van der Waals surface area contributed by atoms with E-state index in [-0.39, 0.29) is 6.04 Å². The van der Waals surface area contributed by atoms with Gasteiger partial charge in [0.25, 0.3) is 0 Å². The van der Waals surface area contributed by atoms with Crippen LogP contribution in [0.1, 0.15) is 22.6 Å². The number of oxazole rings is 1. The van der Waals surface area contributed by atoms with E-state index in [0.29, 0.717) is 12.3 Å². The molecule has 14 heavy (non-hydrogen) atoms. The first-order chi connectivity index (χ1) is 6.75. The van der Waals surface area contributed by atoms with Crippen LogP contribution in [-0.2, 0) is 6.42 Å². The van der Waals surface area contributed by atoms with Crippen LogP contribution in [0, 0.1) is 6.92 Å². The Morgan fingerprint density at radius 1 is 1.64 bits per heavy atom. The van der Waals surface area contributed by atoms with Gasteiger partial charge in [0.15, 0.2) is 5.89 Å². The predicted molar refractivity (Wildman–Crippen MR) is 54.0 cm³/mol. The Kier molecular flexibility index (Phi) is 2.60. The van der Waals surface area contributed by atoms with Gasteiger partial charge in [0.2, 0.25) is 0 Å². The van der Waals surface area contributed by atoms with Crippen molar-refractivity contribution < 1.29 is 4.42 Å². The molecule has 5 heteroatoms. The van der Waals surface area contributed by atoms with Crippen LogP contribution in [0.25, 0.3) is 0 Å². The Morgan fingerprint density at radius 3 is 3.07 bits per heavy atom. The molecule has 74 valence electrons. The molecule has 0 amide bonds. The van der Waals surface area contributed by atoms with E-state index in [9.17, 15) is 0 Å². The molecule has 1 unspecified atom stereocenters. The standard InChI is InChI=1S/C9H11N3OS/c1-6-12-8(5-13-6)7(10)4-9-11-2-3-14-9/h2-3,5,7H,4,10H2,1H3. The van der Waals surface area contributed by atoms with E-state index in [2.05, 4.69) is 9.97 Å². The number of rotatable bonds is 3. The maximum atomic E-state index is 5.94. The van der Waals surface area contributed by atoms with Crippen LogP contribution in [0.2, 0.25) is 0 Å². The molecule has 0 saturated heterocycles. The summed E-state index contributed by atoms with van der Waals surface area (Å²) in [5, 5.41) is 2.97. The second kappa shape index (κ2) is 3.89. The quantitative estimate of drug-likeness (QED) is 0.835. The average molecular weight is 209 g/mol. The van der Waals surface area contributed by atoms with E-state index in [4.69, 9.17) is 10.2 Å². The normalized spacial score (nSPS) is 13.0. The summed E-state index contributed by atoms with van der Waals surface area (Å²) in [6, 6.07) is -0.126. The molecule has 0 spiro atoms. The van der Waals surface area contributed by atoms with Crippen molar-refractivity contribution >= 4 is 11.3 Å². The summed E-state index contributed by atoms with van der Waals surface area (Å²) in [4.78, 5) is 8.34. The lowest BCUT2D eigenvalue weighted by Crippen LogP contribution is -2.13. The second-order valence-corrected chi connectivity index (χ2v) is 4.01. The van der Waals surface area contributed by atoms with Crippen LogP contribution in [0.3, 0.4) is 0 Å². The molecule has 2 aromatic rings. The fourth-order valence-corrected chi connectivity index (χ4v) is 1.87. The third-order valence-electron chi connectivity index (χ3n) is 1.89. The van der Waals surface area contributed by atoms with Gasteiger partial charge in [-0.15, -0.1) is 11.3 Å². The number of hydrogen-bond acceptors (Lipinski definition) is 5.